The van der Waals surface area contributed by atoms with Crippen molar-refractivity contribution in [1.29, 1.82) is 0 Å². The minimum atomic E-state index is -0.278. The fourth-order valence-electron chi connectivity index (χ4n) is 1.33. The van der Waals surface area contributed by atoms with Gasteiger partial charge in [-0.2, -0.15) is 0 Å². The van der Waals surface area contributed by atoms with E-state index >= 15 is 0 Å². The number of carbonyl (C=O) groups excluding carboxylic acids is 1. The third-order valence-corrected chi connectivity index (χ3v) is 3.12. The van der Waals surface area contributed by atoms with Crippen LogP contribution in [0, 0.1) is 5.92 Å². The molecule has 5 nitrogen and oxygen atoms in total. The monoisotopic (exact) mass is 272 g/mol. The fourth-order valence-corrected chi connectivity index (χ4v) is 2.15. The van der Waals surface area contributed by atoms with Crippen molar-refractivity contribution in [3.63, 3.8) is 0 Å². The molecule has 0 spiro atoms. The van der Waals surface area contributed by atoms with Gasteiger partial charge in [-0.05, 0) is 17.4 Å². The topological polar surface area (TPSA) is 73.6 Å². The molecule has 1 heterocycles. The Kier molecular flexibility index (Phi) is 6.89. The standard InChI is InChI=1S/C12H20N2O3S/c1-9(2)7-16-4-5-17-8-10-3-6-18-11(10)12(15)14-13/h3,6,9H,4-5,7-8,13H2,1-2H3,(H,14,15). The van der Waals surface area contributed by atoms with E-state index in [0.717, 1.165) is 12.2 Å². The summed E-state index contributed by atoms with van der Waals surface area (Å²) in [7, 11) is 0. The fraction of sp³-hybridized carbons (Fsp3) is 0.583. The van der Waals surface area contributed by atoms with E-state index in [4.69, 9.17) is 15.3 Å². The van der Waals surface area contributed by atoms with Crippen LogP contribution >= 0.6 is 11.3 Å². The maximum absolute atomic E-state index is 11.4. The highest BCUT2D eigenvalue weighted by molar-refractivity contribution is 7.12. The van der Waals surface area contributed by atoms with Crippen molar-refractivity contribution in [2.24, 2.45) is 11.8 Å². The summed E-state index contributed by atoms with van der Waals surface area (Å²) < 4.78 is 10.8. The maximum Gasteiger partial charge on any atom is 0.275 e. The number of rotatable bonds is 8. The maximum atomic E-state index is 11.4. The van der Waals surface area contributed by atoms with Crippen molar-refractivity contribution in [3.05, 3.63) is 21.9 Å². The molecule has 0 atom stereocenters. The molecule has 0 aromatic carbocycles. The first-order valence-corrected chi connectivity index (χ1v) is 6.76. The zero-order valence-electron chi connectivity index (χ0n) is 10.8. The van der Waals surface area contributed by atoms with Crippen molar-refractivity contribution < 1.29 is 14.3 Å². The van der Waals surface area contributed by atoms with Crippen molar-refractivity contribution in [3.8, 4) is 0 Å². The highest BCUT2D eigenvalue weighted by atomic mass is 32.1. The molecule has 18 heavy (non-hydrogen) atoms. The molecular formula is C12H20N2O3S. The summed E-state index contributed by atoms with van der Waals surface area (Å²) in [6.07, 6.45) is 0. The summed E-state index contributed by atoms with van der Waals surface area (Å²) in [6, 6.07) is 1.87. The molecule has 102 valence electrons. The summed E-state index contributed by atoms with van der Waals surface area (Å²) in [5.74, 6) is 5.35. The van der Waals surface area contributed by atoms with Crippen LogP contribution in [0.15, 0.2) is 11.4 Å². The molecule has 0 radical (unpaired) electrons. The molecule has 0 aliphatic rings. The first-order chi connectivity index (χ1) is 8.65. The lowest BCUT2D eigenvalue weighted by molar-refractivity contribution is 0.0313. The minimum Gasteiger partial charge on any atom is -0.379 e. The Morgan fingerprint density at radius 2 is 2.17 bits per heavy atom. The SMILES string of the molecule is CC(C)COCCOCc1ccsc1C(=O)NN. The van der Waals surface area contributed by atoms with Crippen molar-refractivity contribution in [1.82, 2.24) is 5.43 Å². The molecule has 0 bridgehead atoms. The Morgan fingerprint density at radius 1 is 1.44 bits per heavy atom. The summed E-state index contributed by atoms with van der Waals surface area (Å²) in [4.78, 5) is 12.0. The molecule has 0 saturated heterocycles. The Labute approximate surface area is 111 Å². The second kappa shape index (κ2) is 8.20. The normalized spacial score (nSPS) is 10.9. The lowest BCUT2D eigenvalue weighted by atomic mass is 10.2. The number of hydrogen-bond acceptors (Lipinski definition) is 5. The van der Waals surface area contributed by atoms with Crippen LogP contribution < -0.4 is 11.3 Å². The Morgan fingerprint density at radius 3 is 2.83 bits per heavy atom. The van der Waals surface area contributed by atoms with E-state index in [2.05, 4.69) is 19.3 Å². The molecule has 6 heteroatoms. The van der Waals surface area contributed by atoms with Gasteiger partial charge in [-0.15, -0.1) is 11.3 Å². The van der Waals surface area contributed by atoms with Crippen LogP contribution in [0.25, 0.3) is 0 Å². The third kappa shape index (κ3) is 5.14. The number of nitrogens with two attached hydrogens (primary N) is 1. The molecule has 0 unspecified atom stereocenters. The van der Waals surface area contributed by atoms with Crippen LogP contribution in [0.1, 0.15) is 29.1 Å². The van der Waals surface area contributed by atoms with Gasteiger partial charge in [0.05, 0.1) is 24.7 Å². The molecule has 3 N–H and O–H groups in total. The van der Waals surface area contributed by atoms with Gasteiger partial charge in [0, 0.05) is 12.2 Å². The lowest BCUT2D eigenvalue weighted by Gasteiger charge is -2.07. The van der Waals surface area contributed by atoms with Crippen LogP contribution in [0.5, 0.6) is 0 Å². The zero-order valence-corrected chi connectivity index (χ0v) is 11.6. The summed E-state index contributed by atoms with van der Waals surface area (Å²) in [6.45, 7) is 6.43. The van der Waals surface area contributed by atoms with Crippen LogP contribution in [-0.2, 0) is 16.1 Å². The summed E-state index contributed by atoms with van der Waals surface area (Å²) in [5, 5.41) is 1.85. The molecule has 1 aromatic rings. The highest BCUT2D eigenvalue weighted by Crippen LogP contribution is 2.17. The number of thiophene rings is 1. The number of ether oxygens (including phenoxy) is 2. The highest BCUT2D eigenvalue weighted by Gasteiger charge is 2.11. The van der Waals surface area contributed by atoms with Crippen molar-refractivity contribution >= 4 is 17.2 Å². The Balaban J connectivity index is 2.23. The molecule has 0 aliphatic heterocycles. The molecule has 1 amide bonds. The molecule has 0 saturated carbocycles. The summed E-state index contributed by atoms with van der Waals surface area (Å²) >= 11 is 1.35. The van der Waals surface area contributed by atoms with Gasteiger partial charge in [0.25, 0.3) is 5.91 Å². The predicted octanol–water partition coefficient (Wildman–Crippen LogP) is 1.54. The number of hydrazine groups is 1. The minimum absolute atomic E-state index is 0.278. The molecule has 1 aromatic heterocycles. The van der Waals surface area contributed by atoms with Crippen LogP contribution in [0.2, 0.25) is 0 Å². The largest absolute Gasteiger partial charge is 0.379 e. The Hall–Kier alpha value is -0.950. The number of carbonyl (C=O) groups is 1. The number of nitrogen functional groups attached to an aromatic ring is 1. The lowest BCUT2D eigenvalue weighted by Crippen LogP contribution is -2.30. The smallest absolute Gasteiger partial charge is 0.275 e. The Bertz CT molecular complexity index is 366. The van der Waals surface area contributed by atoms with Gasteiger partial charge < -0.3 is 9.47 Å². The molecule has 0 aliphatic carbocycles. The first kappa shape index (κ1) is 15.1. The van der Waals surface area contributed by atoms with Gasteiger partial charge in [0.2, 0.25) is 0 Å². The average Bonchev–Trinajstić information content (AvgIpc) is 2.80. The third-order valence-electron chi connectivity index (χ3n) is 2.16. The van der Waals surface area contributed by atoms with Gasteiger partial charge >= 0.3 is 0 Å². The van der Waals surface area contributed by atoms with E-state index in [1.54, 1.807) is 0 Å². The van der Waals surface area contributed by atoms with E-state index in [-0.39, 0.29) is 5.91 Å². The van der Waals surface area contributed by atoms with E-state index in [1.807, 2.05) is 11.4 Å². The first-order valence-electron chi connectivity index (χ1n) is 5.88. The van der Waals surface area contributed by atoms with E-state index in [9.17, 15) is 4.79 Å². The number of nitrogens with one attached hydrogen (secondary N) is 1. The zero-order chi connectivity index (χ0) is 13.4. The van der Waals surface area contributed by atoms with Crippen LogP contribution in [-0.4, -0.2) is 25.7 Å². The van der Waals surface area contributed by atoms with Crippen LogP contribution in [0.3, 0.4) is 0 Å². The number of amides is 1. The quantitative estimate of drug-likeness (QED) is 0.326. The second-order valence-electron chi connectivity index (χ2n) is 4.27. The molecule has 0 fully saturated rings. The van der Waals surface area contributed by atoms with Gasteiger partial charge in [0.15, 0.2) is 0 Å². The van der Waals surface area contributed by atoms with Gasteiger partial charge in [-0.3, -0.25) is 10.2 Å². The van der Waals surface area contributed by atoms with Gasteiger partial charge in [0.1, 0.15) is 0 Å². The summed E-state index contributed by atoms with van der Waals surface area (Å²) in [5.41, 5.74) is 2.98. The molecular weight excluding hydrogens is 252 g/mol. The van der Waals surface area contributed by atoms with E-state index in [0.29, 0.717) is 30.6 Å². The van der Waals surface area contributed by atoms with E-state index in [1.165, 1.54) is 11.3 Å². The predicted molar refractivity (Wildman–Crippen MR) is 71.3 cm³/mol. The second-order valence-corrected chi connectivity index (χ2v) is 5.19. The average molecular weight is 272 g/mol. The van der Waals surface area contributed by atoms with Crippen LogP contribution in [0.4, 0.5) is 0 Å². The van der Waals surface area contributed by atoms with Gasteiger partial charge in [-0.1, -0.05) is 13.8 Å². The van der Waals surface area contributed by atoms with Gasteiger partial charge in [-0.25, -0.2) is 5.84 Å². The van der Waals surface area contributed by atoms with Crippen molar-refractivity contribution in [2.45, 2.75) is 20.5 Å². The number of hydrogen-bond donors (Lipinski definition) is 2. The van der Waals surface area contributed by atoms with Crippen molar-refractivity contribution in [2.75, 3.05) is 19.8 Å². The molecule has 1 rings (SSSR count). The van der Waals surface area contributed by atoms with E-state index < -0.39 is 0 Å².